The van der Waals surface area contributed by atoms with Crippen molar-refractivity contribution in [3.63, 3.8) is 0 Å². The summed E-state index contributed by atoms with van der Waals surface area (Å²) in [6.07, 6.45) is -5.24. The molecule has 0 aromatic carbocycles. The fourth-order valence-electron chi connectivity index (χ4n) is 1.60. The molecular formula is C11H11F3N2O6. The number of ether oxygens (including phenoxy) is 3. The van der Waals surface area contributed by atoms with Crippen LogP contribution in [0.25, 0.3) is 0 Å². The van der Waals surface area contributed by atoms with E-state index in [2.05, 4.69) is 14.5 Å². The first kappa shape index (κ1) is 17.5. The van der Waals surface area contributed by atoms with Gasteiger partial charge in [-0.3, -0.25) is 4.79 Å². The minimum Gasteiger partial charge on any atom is -0.492 e. The Hall–Kier alpha value is -2.59. The number of pyridine rings is 1. The molecule has 22 heavy (non-hydrogen) atoms. The van der Waals surface area contributed by atoms with Gasteiger partial charge in [0.2, 0.25) is 5.75 Å². The van der Waals surface area contributed by atoms with Crippen molar-refractivity contribution >= 4 is 11.8 Å². The van der Waals surface area contributed by atoms with Crippen LogP contribution in [0, 0.1) is 10.1 Å². The number of halogens is 3. The van der Waals surface area contributed by atoms with E-state index in [0.29, 0.717) is 6.20 Å². The third kappa shape index (κ3) is 4.46. The van der Waals surface area contributed by atoms with E-state index >= 15 is 0 Å². The number of alkyl halides is 3. The Morgan fingerprint density at radius 1 is 1.45 bits per heavy atom. The van der Waals surface area contributed by atoms with Crippen LogP contribution in [0.15, 0.2) is 6.20 Å². The van der Waals surface area contributed by atoms with E-state index in [4.69, 9.17) is 4.74 Å². The van der Waals surface area contributed by atoms with Gasteiger partial charge in [0, 0.05) is 0 Å². The average Bonchev–Trinajstić information content (AvgIpc) is 2.37. The molecule has 0 saturated heterocycles. The van der Waals surface area contributed by atoms with Crippen LogP contribution in [0.5, 0.6) is 11.5 Å². The number of nitro groups is 1. The second-order valence-electron chi connectivity index (χ2n) is 3.74. The fraction of sp³-hybridized carbons (Fsp3) is 0.455. The maximum Gasteiger partial charge on any atom is 0.573 e. The Labute approximate surface area is 121 Å². The number of methoxy groups -OCH3 is 1. The van der Waals surface area contributed by atoms with Gasteiger partial charge in [0.25, 0.3) is 0 Å². The third-order valence-corrected chi connectivity index (χ3v) is 2.30. The van der Waals surface area contributed by atoms with Crippen LogP contribution in [0.2, 0.25) is 0 Å². The summed E-state index contributed by atoms with van der Waals surface area (Å²) in [6.45, 7) is 1.51. The molecule has 8 nitrogen and oxygen atoms in total. The molecule has 0 aliphatic carbocycles. The molecule has 0 bridgehead atoms. The molecule has 1 rings (SSSR count). The van der Waals surface area contributed by atoms with Crippen molar-refractivity contribution in [1.82, 2.24) is 4.98 Å². The van der Waals surface area contributed by atoms with E-state index in [-0.39, 0.29) is 6.61 Å². The SMILES string of the molecule is CCOC(=O)Cc1c([N+](=O)[O-])ncc(OC(F)(F)F)c1OC. The molecule has 1 aromatic rings. The smallest absolute Gasteiger partial charge is 0.492 e. The fourth-order valence-corrected chi connectivity index (χ4v) is 1.60. The molecule has 0 aliphatic heterocycles. The molecule has 0 amide bonds. The van der Waals surface area contributed by atoms with E-state index in [1.807, 2.05) is 0 Å². The summed E-state index contributed by atoms with van der Waals surface area (Å²) in [4.78, 5) is 24.7. The Bertz CT molecular complexity index is 576. The number of hydrogen-bond acceptors (Lipinski definition) is 7. The van der Waals surface area contributed by atoms with Gasteiger partial charge in [0.15, 0.2) is 11.9 Å². The maximum atomic E-state index is 12.3. The maximum absolute atomic E-state index is 12.3. The molecule has 0 atom stereocenters. The molecular weight excluding hydrogens is 313 g/mol. The number of rotatable bonds is 6. The molecule has 1 heterocycles. The highest BCUT2D eigenvalue weighted by molar-refractivity contribution is 5.76. The number of carbonyl (C=O) groups is 1. The molecule has 0 aliphatic rings. The number of hydrogen-bond donors (Lipinski definition) is 0. The van der Waals surface area contributed by atoms with Crippen molar-refractivity contribution in [3.05, 3.63) is 21.9 Å². The monoisotopic (exact) mass is 324 g/mol. The van der Waals surface area contributed by atoms with Crippen molar-refractivity contribution in [2.75, 3.05) is 13.7 Å². The lowest BCUT2D eigenvalue weighted by Gasteiger charge is -2.14. The van der Waals surface area contributed by atoms with Crippen LogP contribution >= 0.6 is 0 Å². The zero-order chi connectivity index (χ0) is 16.9. The van der Waals surface area contributed by atoms with Crippen LogP contribution in [0.3, 0.4) is 0 Å². The lowest BCUT2D eigenvalue weighted by atomic mass is 10.1. The second kappa shape index (κ2) is 6.91. The normalized spacial score (nSPS) is 11.0. The predicted molar refractivity (Wildman–Crippen MR) is 64.5 cm³/mol. The first-order valence-corrected chi connectivity index (χ1v) is 5.81. The van der Waals surface area contributed by atoms with Gasteiger partial charge in [-0.05, 0) is 16.8 Å². The summed E-state index contributed by atoms with van der Waals surface area (Å²) in [6, 6.07) is 0. The Morgan fingerprint density at radius 3 is 2.55 bits per heavy atom. The van der Waals surface area contributed by atoms with Crippen LogP contribution < -0.4 is 9.47 Å². The van der Waals surface area contributed by atoms with Crippen molar-refractivity contribution in [1.29, 1.82) is 0 Å². The predicted octanol–water partition coefficient (Wildman–Crippen LogP) is 2.00. The largest absolute Gasteiger partial charge is 0.573 e. The van der Waals surface area contributed by atoms with E-state index in [0.717, 1.165) is 7.11 Å². The molecule has 0 fully saturated rings. The minimum absolute atomic E-state index is 0.00111. The highest BCUT2D eigenvalue weighted by atomic mass is 19.4. The van der Waals surface area contributed by atoms with Gasteiger partial charge in [0.1, 0.15) is 5.56 Å². The standard InChI is InChI=1S/C11H11F3N2O6/c1-3-21-8(17)4-6-9(20-2)7(22-11(12,13)14)5-15-10(6)16(18)19/h5H,3-4H2,1-2H3. The molecule has 1 aromatic heterocycles. The zero-order valence-corrected chi connectivity index (χ0v) is 11.5. The molecule has 0 saturated carbocycles. The van der Waals surface area contributed by atoms with Crippen LogP contribution in [0.1, 0.15) is 12.5 Å². The number of nitrogens with zero attached hydrogens (tertiary/aromatic N) is 2. The molecule has 0 spiro atoms. The summed E-state index contributed by atoms with van der Waals surface area (Å²) in [5.41, 5.74) is -0.465. The van der Waals surface area contributed by atoms with E-state index in [1.165, 1.54) is 6.92 Å². The lowest BCUT2D eigenvalue weighted by Crippen LogP contribution is -2.19. The summed E-state index contributed by atoms with van der Waals surface area (Å²) < 4.78 is 49.9. The van der Waals surface area contributed by atoms with Crippen LogP contribution in [0.4, 0.5) is 19.0 Å². The average molecular weight is 324 g/mol. The number of esters is 1. The van der Waals surface area contributed by atoms with Crippen LogP contribution in [-0.2, 0) is 16.0 Å². The van der Waals surface area contributed by atoms with Gasteiger partial charge in [-0.1, -0.05) is 0 Å². The van der Waals surface area contributed by atoms with E-state index in [9.17, 15) is 28.1 Å². The lowest BCUT2D eigenvalue weighted by molar-refractivity contribution is -0.390. The van der Waals surface area contributed by atoms with Gasteiger partial charge in [-0.2, -0.15) is 0 Å². The van der Waals surface area contributed by atoms with Crippen LogP contribution in [-0.4, -0.2) is 36.0 Å². The zero-order valence-electron chi connectivity index (χ0n) is 11.5. The Balaban J connectivity index is 3.35. The summed E-state index contributed by atoms with van der Waals surface area (Å²) in [5, 5.41) is 10.9. The van der Waals surface area contributed by atoms with Crippen molar-refractivity contribution in [2.45, 2.75) is 19.7 Å². The van der Waals surface area contributed by atoms with Gasteiger partial charge in [-0.15, -0.1) is 13.2 Å². The molecule has 0 N–H and O–H groups in total. The van der Waals surface area contributed by atoms with Crippen molar-refractivity contribution < 1.29 is 37.1 Å². The molecule has 0 radical (unpaired) electrons. The van der Waals surface area contributed by atoms with E-state index in [1.54, 1.807) is 0 Å². The topological polar surface area (TPSA) is 101 Å². The minimum atomic E-state index is -5.05. The molecule has 0 unspecified atom stereocenters. The Morgan fingerprint density at radius 2 is 2.09 bits per heavy atom. The second-order valence-corrected chi connectivity index (χ2v) is 3.74. The van der Waals surface area contributed by atoms with E-state index < -0.39 is 46.6 Å². The van der Waals surface area contributed by atoms with Gasteiger partial charge in [0.05, 0.1) is 20.1 Å². The van der Waals surface area contributed by atoms with Gasteiger partial charge >= 0.3 is 18.1 Å². The van der Waals surface area contributed by atoms with Crippen molar-refractivity contribution in [2.24, 2.45) is 0 Å². The quantitative estimate of drug-likeness (QED) is 0.448. The third-order valence-electron chi connectivity index (χ3n) is 2.30. The summed E-state index contributed by atoms with van der Waals surface area (Å²) in [7, 11) is 0.983. The first-order valence-electron chi connectivity index (χ1n) is 5.81. The number of aromatic nitrogens is 1. The van der Waals surface area contributed by atoms with Crippen molar-refractivity contribution in [3.8, 4) is 11.5 Å². The molecule has 122 valence electrons. The number of carbonyl (C=O) groups excluding carboxylic acids is 1. The highest BCUT2D eigenvalue weighted by Crippen LogP contribution is 2.38. The summed E-state index contributed by atoms with van der Waals surface area (Å²) in [5.74, 6) is -3.19. The highest BCUT2D eigenvalue weighted by Gasteiger charge is 2.36. The van der Waals surface area contributed by atoms with Gasteiger partial charge < -0.3 is 24.3 Å². The summed E-state index contributed by atoms with van der Waals surface area (Å²) >= 11 is 0. The first-order chi connectivity index (χ1) is 10.2. The molecule has 11 heteroatoms. The van der Waals surface area contributed by atoms with Gasteiger partial charge in [-0.25, -0.2) is 0 Å². The Kier molecular flexibility index (Phi) is 5.49.